The molecule has 0 atom stereocenters. The molecule has 0 aliphatic heterocycles. The third kappa shape index (κ3) is 5.13. The molecule has 0 bridgehead atoms. The Morgan fingerprint density at radius 1 is 1.22 bits per heavy atom. The largest absolute Gasteiger partial charge is 0.368 e. The second kappa shape index (κ2) is 5.81. The lowest BCUT2D eigenvalue weighted by molar-refractivity contribution is -0.132. The van der Waals surface area contributed by atoms with Gasteiger partial charge in [-0.3, -0.25) is 14.4 Å². The number of primary amides is 1. The molecule has 0 saturated heterocycles. The molecule has 0 heterocycles. The van der Waals surface area contributed by atoms with E-state index in [0.29, 0.717) is 6.04 Å². The number of amides is 3. The van der Waals surface area contributed by atoms with Crippen molar-refractivity contribution in [2.24, 2.45) is 5.73 Å². The van der Waals surface area contributed by atoms with Crippen molar-refractivity contribution in [1.82, 2.24) is 16.0 Å². The molecule has 0 radical (unpaired) electrons. The molecule has 1 saturated carbocycles. The summed E-state index contributed by atoms with van der Waals surface area (Å²) in [5.41, 5.74) is 3.85. The molecule has 102 valence electrons. The third-order valence-electron chi connectivity index (χ3n) is 2.57. The lowest BCUT2D eigenvalue weighted by Crippen LogP contribution is -2.57. The zero-order chi connectivity index (χ0) is 13.8. The van der Waals surface area contributed by atoms with E-state index >= 15 is 0 Å². The summed E-state index contributed by atoms with van der Waals surface area (Å²) >= 11 is 0. The van der Waals surface area contributed by atoms with E-state index in [2.05, 4.69) is 16.0 Å². The Morgan fingerprint density at radius 3 is 2.33 bits per heavy atom. The van der Waals surface area contributed by atoms with Gasteiger partial charge in [0.2, 0.25) is 17.7 Å². The van der Waals surface area contributed by atoms with Gasteiger partial charge in [0.15, 0.2) is 0 Å². The quantitative estimate of drug-likeness (QED) is 0.432. The van der Waals surface area contributed by atoms with E-state index in [0.717, 1.165) is 12.8 Å². The van der Waals surface area contributed by atoms with E-state index in [9.17, 15) is 14.4 Å². The van der Waals surface area contributed by atoms with Crippen LogP contribution in [-0.2, 0) is 14.4 Å². The fourth-order valence-electron chi connectivity index (χ4n) is 1.36. The minimum atomic E-state index is -1.07. The summed E-state index contributed by atoms with van der Waals surface area (Å²) in [6.07, 6.45) is 2.19. The molecular formula is C11H20N4O3. The lowest BCUT2D eigenvalue weighted by Gasteiger charge is -2.25. The van der Waals surface area contributed by atoms with Gasteiger partial charge in [-0.25, -0.2) is 0 Å². The van der Waals surface area contributed by atoms with Gasteiger partial charge in [0.1, 0.15) is 5.54 Å². The molecule has 0 aromatic carbocycles. The highest BCUT2D eigenvalue weighted by Crippen LogP contribution is 2.17. The molecule has 0 aromatic rings. The summed E-state index contributed by atoms with van der Waals surface area (Å²) in [7, 11) is 0. The van der Waals surface area contributed by atoms with Gasteiger partial charge >= 0.3 is 0 Å². The smallest absolute Gasteiger partial charge is 0.245 e. The number of hydrogen-bond donors (Lipinski definition) is 4. The molecule has 0 spiro atoms. The van der Waals surface area contributed by atoms with Crippen LogP contribution in [0.25, 0.3) is 0 Å². The van der Waals surface area contributed by atoms with Crippen molar-refractivity contribution >= 4 is 17.7 Å². The Hall–Kier alpha value is -1.63. The summed E-state index contributed by atoms with van der Waals surface area (Å²) in [4.78, 5) is 33.8. The predicted molar refractivity (Wildman–Crippen MR) is 65.5 cm³/mol. The third-order valence-corrected chi connectivity index (χ3v) is 2.57. The topological polar surface area (TPSA) is 113 Å². The Kier molecular flexibility index (Phi) is 4.66. The van der Waals surface area contributed by atoms with Crippen LogP contribution < -0.4 is 21.7 Å². The van der Waals surface area contributed by atoms with E-state index < -0.39 is 17.4 Å². The maximum Gasteiger partial charge on any atom is 0.245 e. The maximum absolute atomic E-state index is 11.7. The first-order valence-electron chi connectivity index (χ1n) is 5.92. The first-order valence-corrected chi connectivity index (χ1v) is 5.92. The van der Waals surface area contributed by atoms with Crippen molar-refractivity contribution in [3.63, 3.8) is 0 Å². The van der Waals surface area contributed by atoms with Gasteiger partial charge in [-0.1, -0.05) is 0 Å². The number of carbonyl (C=O) groups is 3. The number of nitrogens with two attached hydrogens (primary N) is 1. The first kappa shape index (κ1) is 14.4. The van der Waals surface area contributed by atoms with Crippen LogP contribution in [0.5, 0.6) is 0 Å². The van der Waals surface area contributed by atoms with Crippen LogP contribution in [0, 0.1) is 0 Å². The van der Waals surface area contributed by atoms with Gasteiger partial charge < -0.3 is 21.7 Å². The average Bonchev–Trinajstić information content (AvgIpc) is 3.06. The van der Waals surface area contributed by atoms with Crippen molar-refractivity contribution in [2.45, 2.75) is 38.3 Å². The first-order chi connectivity index (χ1) is 8.31. The highest BCUT2D eigenvalue weighted by Gasteiger charge is 2.30. The number of carbonyl (C=O) groups excluding carboxylic acids is 3. The van der Waals surface area contributed by atoms with Crippen molar-refractivity contribution in [1.29, 1.82) is 0 Å². The van der Waals surface area contributed by atoms with Crippen molar-refractivity contribution in [3.8, 4) is 0 Å². The Balaban J connectivity index is 2.33. The monoisotopic (exact) mass is 256 g/mol. The fraction of sp³-hybridized carbons (Fsp3) is 0.727. The van der Waals surface area contributed by atoms with Crippen LogP contribution >= 0.6 is 0 Å². The zero-order valence-electron chi connectivity index (χ0n) is 10.7. The zero-order valence-corrected chi connectivity index (χ0v) is 10.7. The second-order valence-corrected chi connectivity index (χ2v) is 4.98. The van der Waals surface area contributed by atoms with Crippen molar-refractivity contribution in [2.75, 3.05) is 13.1 Å². The molecule has 0 unspecified atom stereocenters. The van der Waals surface area contributed by atoms with Crippen LogP contribution in [0.15, 0.2) is 0 Å². The Bertz CT molecular complexity index is 350. The predicted octanol–water partition coefficient (Wildman–Crippen LogP) is -1.77. The highest BCUT2D eigenvalue weighted by atomic mass is 16.2. The van der Waals surface area contributed by atoms with Crippen molar-refractivity contribution in [3.05, 3.63) is 0 Å². The molecule has 7 nitrogen and oxygen atoms in total. The molecule has 0 aromatic heterocycles. The van der Waals surface area contributed by atoms with E-state index in [-0.39, 0.29) is 19.0 Å². The number of hydrogen-bond acceptors (Lipinski definition) is 4. The van der Waals surface area contributed by atoms with Gasteiger partial charge in [-0.2, -0.15) is 0 Å². The van der Waals surface area contributed by atoms with E-state index in [4.69, 9.17) is 5.73 Å². The molecule has 18 heavy (non-hydrogen) atoms. The van der Waals surface area contributed by atoms with Crippen LogP contribution in [-0.4, -0.2) is 42.4 Å². The molecule has 1 aliphatic rings. The van der Waals surface area contributed by atoms with E-state index in [1.807, 2.05) is 0 Å². The second-order valence-electron chi connectivity index (χ2n) is 4.98. The highest BCUT2D eigenvalue weighted by molar-refractivity contribution is 5.93. The molecule has 7 heteroatoms. The Labute approximate surface area is 106 Å². The molecule has 1 fully saturated rings. The van der Waals surface area contributed by atoms with E-state index in [1.54, 1.807) is 13.8 Å². The standard InChI is InChI=1S/C11H20N4O3/c1-11(2,10(18)14-5-8(12)16)15-9(17)6-13-7-3-4-7/h7,13H,3-6H2,1-2H3,(H2,12,16)(H,14,18)(H,15,17). The van der Waals surface area contributed by atoms with Gasteiger partial charge in [-0.05, 0) is 26.7 Å². The molecule has 3 amide bonds. The molecule has 1 rings (SSSR count). The average molecular weight is 256 g/mol. The van der Waals surface area contributed by atoms with Gasteiger partial charge in [0.05, 0.1) is 13.1 Å². The minimum Gasteiger partial charge on any atom is -0.368 e. The summed E-state index contributed by atoms with van der Waals surface area (Å²) in [6, 6.07) is 0.433. The maximum atomic E-state index is 11.7. The van der Waals surface area contributed by atoms with Crippen LogP contribution in [0.3, 0.4) is 0 Å². The number of nitrogens with one attached hydrogen (secondary N) is 3. The molecular weight excluding hydrogens is 236 g/mol. The Morgan fingerprint density at radius 2 is 1.83 bits per heavy atom. The fourth-order valence-corrected chi connectivity index (χ4v) is 1.36. The van der Waals surface area contributed by atoms with Gasteiger partial charge in [0, 0.05) is 6.04 Å². The molecule has 5 N–H and O–H groups in total. The normalized spacial score (nSPS) is 15.0. The number of rotatable bonds is 7. The summed E-state index contributed by atoms with van der Waals surface area (Å²) in [5.74, 6) is -1.32. The van der Waals surface area contributed by atoms with Gasteiger partial charge in [-0.15, -0.1) is 0 Å². The molecule has 1 aliphatic carbocycles. The summed E-state index contributed by atoms with van der Waals surface area (Å²) in [6.45, 7) is 3.09. The van der Waals surface area contributed by atoms with Crippen LogP contribution in [0.4, 0.5) is 0 Å². The van der Waals surface area contributed by atoms with Crippen LogP contribution in [0.1, 0.15) is 26.7 Å². The van der Waals surface area contributed by atoms with Gasteiger partial charge in [0.25, 0.3) is 0 Å². The van der Waals surface area contributed by atoms with E-state index in [1.165, 1.54) is 0 Å². The summed E-state index contributed by atoms with van der Waals surface area (Å²) < 4.78 is 0. The summed E-state index contributed by atoms with van der Waals surface area (Å²) in [5, 5.41) is 8.00. The van der Waals surface area contributed by atoms with Crippen LogP contribution in [0.2, 0.25) is 0 Å². The minimum absolute atomic E-state index is 0.192. The SMILES string of the molecule is CC(C)(NC(=O)CNC1CC1)C(=O)NCC(N)=O. The lowest BCUT2D eigenvalue weighted by atomic mass is 10.0. The van der Waals surface area contributed by atoms with Crippen molar-refractivity contribution < 1.29 is 14.4 Å².